The van der Waals surface area contributed by atoms with Crippen LogP contribution in [0.3, 0.4) is 0 Å². The van der Waals surface area contributed by atoms with Gasteiger partial charge in [0.1, 0.15) is 29.2 Å². The molecule has 21 heteroatoms. The Bertz CT molecular complexity index is 3140. The highest BCUT2D eigenvalue weighted by Gasteiger charge is 2.48. The number of nitriles is 2. The standard InChI is InChI=1S/C57H55F4N9O8/c1-55(2,3)78-54(75)68(20-6-22-76-42-10-4-8-36(24-42)38-12-14-44-46(16-18-64-48(44)26-38)52(73)66-32-50(71)69-34-56(58,59)28-40(69)30-62)21-7-23-77-43-11-5-9-37(25-43)39-13-15-45-47(17-19-65-49(45)27-39)53(74)67-33-51(72)70-35-57(60,61)29-41(70)31-63/h4-5,8-19,24-27,40-41H,6-7,20-23,28-29,32-35H2,1-3H3,(H,66,73)(H,67,74)/t40-,41-/m0/s1. The van der Waals surface area contributed by atoms with Crippen LogP contribution in [-0.4, -0.2) is 136 Å². The highest BCUT2D eigenvalue weighted by molar-refractivity contribution is 6.08. The predicted octanol–water partition coefficient (Wildman–Crippen LogP) is 8.57. The average Bonchev–Trinajstić information content (AvgIpc) is 3.93. The number of hydrogen-bond acceptors (Lipinski definition) is 12. The van der Waals surface area contributed by atoms with Crippen molar-refractivity contribution in [3.05, 3.63) is 121 Å². The molecular formula is C57H55F4N9O8. The first-order valence-corrected chi connectivity index (χ1v) is 25.1. The topological polar surface area (TPSA) is 220 Å². The molecule has 0 bridgehead atoms. The normalized spacial score (nSPS) is 16.5. The number of halogens is 4. The summed E-state index contributed by atoms with van der Waals surface area (Å²) >= 11 is 0. The molecule has 2 atom stereocenters. The number of nitrogens with zero attached hydrogens (tertiary/aromatic N) is 7. The Morgan fingerprint density at radius 2 is 1.06 bits per heavy atom. The first-order chi connectivity index (χ1) is 37.2. The highest BCUT2D eigenvalue weighted by Crippen LogP contribution is 2.34. The highest BCUT2D eigenvalue weighted by atomic mass is 19.3. The van der Waals surface area contributed by atoms with E-state index >= 15 is 0 Å². The van der Waals surface area contributed by atoms with Crippen molar-refractivity contribution < 1.29 is 55.7 Å². The third-order valence-corrected chi connectivity index (χ3v) is 12.9. The van der Waals surface area contributed by atoms with Gasteiger partial charge in [-0.2, -0.15) is 10.5 Å². The number of pyridine rings is 2. The summed E-state index contributed by atoms with van der Waals surface area (Å²) in [5, 5.41) is 24.5. The Morgan fingerprint density at radius 3 is 1.47 bits per heavy atom. The van der Waals surface area contributed by atoms with Crippen molar-refractivity contribution in [2.45, 2.75) is 76.0 Å². The molecule has 17 nitrogen and oxygen atoms in total. The number of fused-ring (bicyclic) bond motifs is 2. The van der Waals surface area contributed by atoms with Crippen LogP contribution in [0, 0.1) is 22.7 Å². The summed E-state index contributed by atoms with van der Waals surface area (Å²) in [5.74, 6) is -7.95. The van der Waals surface area contributed by atoms with Gasteiger partial charge in [-0.1, -0.05) is 48.5 Å². The van der Waals surface area contributed by atoms with Crippen molar-refractivity contribution in [3.63, 3.8) is 0 Å². The number of carbonyl (C=O) groups is 5. The molecule has 2 saturated heterocycles. The lowest BCUT2D eigenvalue weighted by Gasteiger charge is -2.27. The lowest BCUT2D eigenvalue weighted by Crippen LogP contribution is -2.43. The van der Waals surface area contributed by atoms with Gasteiger partial charge >= 0.3 is 6.09 Å². The monoisotopic (exact) mass is 1070 g/mol. The van der Waals surface area contributed by atoms with E-state index in [1.807, 2.05) is 60.7 Å². The number of carbonyl (C=O) groups excluding carboxylic acids is 5. The van der Waals surface area contributed by atoms with Gasteiger partial charge in [0.05, 0.1) is 73.7 Å². The molecule has 0 spiro atoms. The zero-order chi connectivity index (χ0) is 55.8. The van der Waals surface area contributed by atoms with Crippen LogP contribution < -0.4 is 20.1 Å². The van der Waals surface area contributed by atoms with Gasteiger partial charge < -0.3 is 39.5 Å². The van der Waals surface area contributed by atoms with Crippen molar-refractivity contribution in [2.75, 3.05) is 52.5 Å². The molecule has 78 heavy (non-hydrogen) atoms. The molecule has 4 aromatic carbocycles. The molecule has 0 radical (unpaired) electrons. The molecule has 404 valence electrons. The lowest BCUT2D eigenvalue weighted by atomic mass is 10.0. The number of nitrogens with one attached hydrogen (secondary N) is 2. The maximum Gasteiger partial charge on any atom is 0.410 e. The molecule has 2 aliphatic rings. The average molecular weight is 1070 g/mol. The minimum absolute atomic E-state index is 0.229. The Hall–Kier alpha value is -8.85. The largest absolute Gasteiger partial charge is 0.494 e. The van der Waals surface area contributed by atoms with Crippen LogP contribution in [0.25, 0.3) is 44.1 Å². The van der Waals surface area contributed by atoms with Gasteiger partial charge in [-0.15, -0.1) is 0 Å². The van der Waals surface area contributed by atoms with Gasteiger partial charge in [0, 0.05) is 49.1 Å². The number of rotatable bonds is 18. The van der Waals surface area contributed by atoms with Crippen LogP contribution in [-0.2, 0) is 14.3 Å². The van der Waals surface area contributed by atoms with Crippen LogP contribution in [0.2, 0.25) is 0 Å². The van der Waals surface area contributed by atoms with E-state index in [0.29, 0.717) is 59.2 Å². The SMILES string of the molecule is CC(C)(C)OC(=O)N(CCCOc1cccc(-c2ccc3c(C(=O)NCC(=O)N4CC(F)(F)C[C@H]4C#N)ccnc3c2)c1)CCCOc1cccc(-c2ccc3c(C(=O)NCC(=O)N4CC(F)(F)C[C@H]4C#N)ccnc3c2)c1. The molecule has 2 fully saturated rings. The lowest BCUT2D eigenvalue weighted by molar-refractivity contribution is -0.132. The summed E-state index contributed by atoms with van der Waals surface area (Å²) in [6.07, 6.45) is 1.89. The molecular weight excluding hydrogens is 1010 g/mol. The Kier molecular flexibility index (Phi) is 16.7. The minimum Gasteiger partial charge on any atom is -0.494 e. The Balaban J connectivity index is 0.824. The molecule has 4 heterocycles. The van der Waals surface area contributed by atoms with Crippen molar-refractivity contribution in [2.24, 2.45) is 0 Å². The fourth-order valence-corrected chi connectivity index (χ4v) is 9.19. The fourth-order valence-electron chi connectivity index (χ4n) is 9.19. The zero-order valence-electron chi connectivity index (χ0n) is 42.9. The number of aromatic nitrogens is 2. The van der Waals surface area contributed by atoms with E-state index in [1.165, 1.54) is 24.5 Å². The third kappa shape index (κ3) is 13.8. The maximum absolute atomic E-state index is 13.9. The van der Waals surface area contributed by atoms with Gasteiger partial charge in [0.25, 0.3) is 23.7 Å². The summed E-state index contributed by atoms with van der Waals surface area (Å²) < 4.78 is 73.6. The molecule has 0 unspecified atom stereocenters. The molecule has 0 saturated carbocycles. The number of benzene rings is 4. The zero-order valence-corrected chi connectivity index (χ0v) is 42.9. The molecule has 2 N–H and O–H groups in total. The first-order valence-electron chi connectivity index (χ1n) is 25.1. The molecule has 2 aromatic heterocycles. The summed E-state index contributed by atoms with van der Waals surface area (Å²) in [5.41, 5.74) is 3.90. The van der Waals surface area contributed by atoms with Crippen molar-refractivity contribution >= 4 is 51.5 Å². The van der Waals surface area contributed by atoms with Crippen LogP contribution >= 0.6 is 0 Å². The smallest absolute Gasteiger partial charge is 0.410 e. The summed E-state index contributed by atoms with van der Waals surface area (Å²) in [6.45, 7) is 3.72. The molecule has 5 amide bonds. The number of hydrogen-bond donors (Lipinski definition) is 2. The van der Waals surface area contributed by atoms with Crippen LogP contribution in [0.1, 0.15) is 67.2 Å². The third-order valence-electron chi connectivity index (χ3n) is 12.9. The second-order valence-corrected chi connectivity index (χ2v) is 19.9. The van der Waals surface area contributed by atoms with Gasteiger partial charge in [0.2, 0.25) is 11.8 Å². The second-order valence-electron chi connectivity index (χ2n) is 19.9. The maximum atomic E-state index is 13.9. The quantitative estimate of drug-likeness (QED) is 0.0611. The molecule has 2 aliphatic heterocycles. The number of ether oxygens (including phenoxy) is 3. The van der Waals surface area contributed by atoms with E-state index < -0.39 is 98.3 Å². The van der Waals surface area contributed by atoms with Crippen molar-refractivity contribution in [3.8, 4) is 45.9 Å². The summed E-state index contributed by atoms with van der Waals surface area (Å²) in [6, 6.07) is 29.4. The molecule has 0 aliphatic carbocycles. The van der Waals surface area contributed by atoms with Gasteiger partial charge in [-0.25, -0.2) is 22.4 Å². The van der Waals surface area contributed by atoms with Crippen LogP contribution in [0.4, 0.5) is 22.4 Å². The van der Waals surface area contributed by atoms with Crippen LogP contribution in [0.5, 0.6) is 11.5 Å². The fraction of sp³-hybridized carbons (Fsp3) is 0.351. The number of amides is 5. The van der Waals surface area contributed by atoms with Crippen LogP contribution in [0.15, 0.2) is 109 Å². The second kappa shape index (κ2) is 23.6. The predicted molar refractivity (Wildman–Crippen MR) is 278 cm³/mol. The van der Waals surface area contributed by atoms with Crippen molar-refractivity contribution in [1.82, 2.24) is 35.3 Å². The van der Waals surface area contributed by atoms with E-state index in [2.05, 4.69) is 20.6 Å². The van der Waals surface area contributed by atoms with Crippen molar-refractivity contribution in [1.29, 1.82) is 10.5 Å². The summed E-state index contributed by atoms with van der Waals surface area (Å²) in [7, 11) is 0. The molecule has 6 aromatic rings. The van der Waals surface area contributed by atoms with E-state index in [-0.39, 0.29) is 24.3 Å². The van der Waals surface area contributed by atoms with E-state index in [0.717, 1.165) is 32.1 Å². The van der Waals surface area contributed by atoms with E-state index in [1.54, 1.807) is 62.1 Å². The van der Waals surface area contributed by atoms with E-state index in [4.69, 9.17) is 14.2 Å². The number of likely N-dealkylation sites (tertiary alicyclic amines) is 2. The Labute approximate surface area is 446 Å². The first kappa shape index (κ1) is 55.4. The number of alkyl halides is 4. The summed E-state index contributed by atoms with van der Waals surface area (Å²) in [4.78, 5) is 77.2. The molecule has 8 rings (SSSR count). The Morgan fingerprint density at radius 1 is 0.641 bits per heavy atom. The van der Waals surface area contributed by atoms with Gasteiger partial charge in [-0.05, 0) is 104 Å². The minimum atomic E-state index is -3.18. The van der Waals surface area contributed by atoms with Gasteiger partial charge in [-0.3, -0.25) is 29.1 Å². The van der Waals surface area contributed by atoms with E-state index in [9.17, 15) is 52.1 Å². The van der Waals surface area contributed by atoms with Gasteiger partial charge in [0.15, 0.2) is 0 Å².